The number of aromatic nitrogens is 2. The molecule has 0 bridgehead atoms. The quantitative estimate of drug-likeness (QED) is 0.319. The highest BCUT2D eigenvalue weighted by atomic mass is 32.2. The lowest BCUT2D eigenvalue weighted by Gasteiger charge is -2.30. The van der Waals surface area contributed by atoms with Crippen LogP contribution < -0.4 is 21.5 Å². The maximum Gasteiger partial charge on any atom is 0.330 e. The van der Waals surface area contributed by atoms with Gasteiger partial charge in [0.05, 0.1) is 12.2 Å². The smallest absolute Gasteiger partial charge is 0.330 e. The van der Waals surface area contributed by atoms with Gasteiger partial charge < -0.3 is 26.0 Å². The van der Waals surface area contributed by atoms with Gasteiger partial charge in [0.25, 0.3) is 5.56 Å². The first-order chi connectivity index (χ1) is 24.2. The molecule has 6 aliphatic rings. The third kappa shape index (κ3) is 7.33. The van der Waals surface area contributed by atoms with Crippen molar-refractivity contribution >= 4 is 47.3 Å². The number of nitrogens with one attached hydrogen (secondary N) is 3. The molecule has 2 saturated carbocycles. The molecule has 5 heterocycles. The molecule has 7 atom stereocenters. The zero-order chi connectivity index (χ0) is 34.8. The Hall–Kier alpha value is -3.00. The normalized spacial score (nSPS) is 34.3. The standard InChI is InChI=1S/C36H50N6O6S2/c43-31-29-16-26(42-33(45)30(23-13-15-50-21-23)27(18-37-42)22-12-14-49-20-22)19-41(29)32(44)28(39-35(48)38-25-9-6-7-10-25)11-5-3-1-2-4-8-24-17-36(24,40-31)34(46)47/h4,8,18,22-26,28-29H,1-3,5-7,9-17,19-21H2,(H,40,43)(H,46,47)(H2,38,39,48)/b8-4-/t22?,23?,24-,26+,28+,29+,36-/m1/s1. The average Bonchev–Trinajstić information content (AvgIpc) is 3.77. The van der Waals surface area contributed by atoms with E-state index >= 15 is 0 Å². The highest BCUT2D eigenvalue weighted by Crippen LogP contribution is 2.46. The van der Waals surface area contributed by atoms with Gasteiger partial charge in [-0.3, -0.25) is 14.4 Å². The molecule has 0 aromatic carbocycles. The summed E-state index contributed by atoms with van der Waals surface area (Å²) in [6.07, 6.45) is 15.6. The second kappa shape index (κ2) is 15.3. The first kappa shape index (κ1) is 35.4. The van der Waals surface area contributed by atoms with E-state index in [1.165, 1.54) is 9.58 Å². The van der Waals surface area contributed by atoms with Gasteiger partial charge in [-0.05, 0) is 80.3 Å². The number of carbonyl (C=O) groups is 4. The zero-order valence-corrected chi connectivity index (χ0v) is 30.3. The number of urea groups is 1. The van der Waals surface area contributed by atoms with Crippen molar-refractivity contribution in [3.63, 3.8) is 0 Å². The van der Waals surface area contributed by atoms with Crippen LogP contribution in [0.4, 0.5) is 4.79 Å². The molecule has 12 nitrogen and oxygen atoms in total. The summed E-state index contributed by atoms with van der Waals surface area (Å²) < 4.78 is 1.49. The lowest BCUT2D eigenvalue weighted by molar-refractivity contribution is -0.145. The Morgan fingerprint density at radius 3 is 2.40 bits per heavy atom. The molecule has 4 aliphatic heterocycles. The van der Waals surface area contributed by atoms with Crippen LogP contribution in [0.3, 0.4) is 0 Å². The molecular formula is C36H50N6O6S2. The second-order valence-electron chi connectivity index (χ2n) is 15.1. The Kier molecular flexibility index (Phi) is 10.8. The van der Waals surface area contributed by atoms with Crippen LogP contribution in [0.25, 0.3) is 0 Å². The summed E-state index contributed by atoms with van der Waals surface area (Å²) in [5, 5.41) is 23.7. The van der Waals surface area contributed by atoms with Gasteiger partial charge in [-0.1, -0.05) is 37.8 Å². The Bertz CT molecular complexity index is 1550. The number of hydrogen-bond donors (Lipinski definition) is 4. The van der Waals surface area contributed by atoms with Crippen molar-refractivity contribution in [3.8, 4) is 0 Å². The van der Waals surface area contributed by atoms with Crippen molar-refractivity contribution in [3.05, 3.63) is 39.8 Å². The van der Waals surface area contributed by atoms with Crippen LogP contribution in [0.2, 0.25) is 0 Å². The maximum absolute atomic E-state index is 14.5. The van der Waals surface area contributed by atoms with Crippen LogP contribution in [-0.4, -0.2) is 96.8 Å². The first-order valence-electron chi connectivity index (χ1n) is 18.6. The lowest BCUT2D eigenvalue weighted by atomic mass is 9.88. The Balaban J connectivity index is 1.21. The van der Waals surface area contributed by atoms with Crippen LogP contribution in [0, 0.1) is 5.92 Å². The molecule has 0 radical (unpaired) electrons. The van der Waals surface area contributed by atoms with Crippen LogP contribution >= 0.6 is 23.5 Å². The highest BCUT2D eigenvalue weighted by Gasteiger charge is 2.61. The van der Waals surface area contributed by atoms with E-state index in [2.05, 4.69) is 16.0 Å². The van der Waals surface area contributed by atoms with E-state index in [4.69, 9.17) is 5.10 Å². The summed E-state index contributed by atoms with van der Waals surface area (Å²) >= 11 is 3.76. The molecule has 7 rings (SSSR count). The molecule has 3 saturated heterocycles. The van der Waals surface area contributed by atoms with Gasteiger partial charge in [-0.2, -0.15) is 28.6 Å². The number of hydrogen-bond acceptors (Lipinski definition) is 8. The number of fused-ring (bicyclic) bond motifs is 2. The predicted octanol–water partition coefficient (Wildman–Crippen LogP) is 3.92. The van der Waals surface area contributed by atoms with Crippen molar-refractivity contribution in [2.75, 3.05) is 29.6 Å². The Morgan fingerprint density at radius 1 is 0.940 bits per heavy atom. The minimum absolute atomic E-state index is 0.0626. The predicted molar refractivity (Wildman–Crippen MR) is 194 cm³/mol. The largest absolute Gasteiger partial charge is 0.479 e. The molecule has 4 N–H and O–H groups in total. The number of aliphatic carboxylic acids is 1. The van der Waals surface area contributed by atoms with Crippen LogP contribution in [0.1, 0.15) is 112 Å². The van der Waals surface area contributed by atoms with Gasteiger partial charge in [-0.15, -0.1) is 0 Å². The third-order valence-electron chi connectivity index (χ3n) is 11.8. The lowest BCUT2D eigenvalue weighted by Crippen LogP contribution is -2.57. The van der Waals surface area contributed by atoms with Crippen molar-refractivity contribution in [2.24, 2.45) is 5.92 Å². The monoisotopic (exact) mass is 726 g/mol. The van der Waals surface area contributed by atoms with E-state index in [-0.39, 0.29) is 54.6 Å². The van der Waals surface area contributed by atoms with E-state index in [9.17, 15) is 29.1 Å². The molecule has 272 valence electrons. The summed E-state index contributed by atoms with van der Waals surface area (Å²) in [5.74, 6) is 1.97. The molecule has 50 heavy (non-hydrogen) atoms. The fourth-order valence-electron chi connectivity index (χ4n) is 8.74. The topological polar surface area (TPSA) is 163 Å². The molecule has 1 aromatic rings. The number of rotatable bonds is 6. The fraction of sp³-hybridized carbons (Fsp3) is 0.722. The van der Waals surface area contributed by atoms with Crippen LogP contribution in [0.5, 0.6) is 0 Å². The van der Waals surface area contributed by atoms with Crippen molar-refractivity contribution < 1.29 is 24.3 Å². The molecule has 2 aliphatic carbocycles. The van der Waals surface area contributed by atoms with E-state index in [0.717, 1.165) is 91.9 Å². The minimum atomic E-state index is -1.43. The van der Waals surface area contributed by atoms with E-state index in [1.807, 2.05) is 41.9 Å². The second-order valence-corrected chi connectivity index (χ2v) is 17.4. The van der Waals surface area contributed by atoms with Gasteiger partial charge in [0, 0.05) is 42.0 Å². The first-order valence-corrected chi connectivity index (χ1v) is 20.9. The Morgan fingerprint density at radius 2 is 1.68 bits per heavy atom. The van der Waals surface area contributed by atoms with Gasteiger partial charge in [0.15, 0.2) is 0 Å². The number of thioether (sulfide) groups is 2. The van der Waals surface area contributed by atoms with Gasteiger partial charge >= 0.3 is 12.0 Å². The summed E-state index contributed by atoms with van der Waals surface area (Å²) in [7, 11) is 0. The average molecular weight is 727 g/mol. The number of carboxylic acids is 1. The fourth-order valence-corrected chi connectivity index (χ4v) is 11.2. The SMILES string of the molecule is O=C(NC1CCCC1)N[C@H]1CCCCC/C=C\[C@@H]2C[C@@]2(C(=O)O)NC(=O)[C@@H]2C[C@H](n3ncc(C4CCSC4)c(C4CCSC4)c3=O)CN2C1=O. The maximum atomic E-state index is 14.5. The summed E-state index contributed by atoms with van der Waals surface area (Å²) in [6, 6.07) is -2.79. The molecular weight excluding hydrogens is 677 g/mol. The Labute approximate surface area is 301 Å². The van der Waals surface area contributed by atoms with Gasteiger partial charge in [0.1, 0.15) is 17.6 Å². The molecule has 4 amide bonds. The minimum Gasteiger partial charge on any atom is -0.479 e. The third-order valence-corrected chi connectivity index (χ3v) is 14.1. The number of carbonyl (C=O) groups excluding carboxylic acids is 3. The van der Waals surface area contributed by atoms with E-state index in [0.29, 0.717) is 12.8 Å². The van der Waals surface area contributed by atoms with E-state index < -0.39 is 41.6 Å². The molecule has 14 heteroatoms. The van der Waals surface area contributed by atoms with Crippen molar-refractivity contribution in [1.29, 1.82) is 0 Å². The van der Waals surface area contributed by atoms with Crippen LogP contribution in [0.15, 0.2) is 23.1 Å². The summed E-state index contributed by atoms with van der Waals surface area (Å²) in [4.78, 5) is 70.3. The van der Waals surface area contributed by atoms with Crippen molar-refractivity contribution in [2.45, 2.75) is 125 Å². The van der Waals surface area contributed by atoms with Gasteiger partial charge in [0.2, 0.25) is 11.8 Å². The van der Waals surface area contributed by atoms with E-state index in [1.54, 1.807) is 0 Å². The number of allylic oxidation sites excluding steroid dienone is 1. The number of amides is 4. The number of nitrogens with zero attached hydrogens (tertiary/aromatic N) is 3. The van der Waals surface area contributed by atoms with Crippen molar-refractivity contribution in [1.82, 2.24) is 30.6 Å². The molecule has 2 unspecified atom stereocenters. The summed E-state index contributed by atoms with van der Waals surface area (Å²) in [5.41, 5.74) is 0.299. The molecule has 0 spiro atoms. The molecule has 5 fully saturated rings. The zero-order valence-electron chi connectivity index (χ0n) is 28.6. The van der Waals surface area contributed by atoms with Gasteiger partial charge in [-0.25, -0.2) is 14.3 Å². The molecule has 1 aromatic heterocycles. The summed E-state index contributed by atoms with van der Waals surface area (Å²) in [6.45, 7) is 0.0626. The highest BCUT2D eigenvalue weighted by molar-refractivity contribution is 7.99. The van der Waals surface area contributed by atoms with Crippen LogP contribution in [-0.2, 0) is 14.4 Å². The number of carboxylic acid groups (broad SMARTS) is 1.